The lowest BCUT2D eigenvalue weighted by atomic mass is 10.2. The van der Waals surface area contributed by atoms with Gasteiger partial charge in [-0.15, -0.1) is 0 Å². The van der Waals surface area contributed by atoms with Crippen molar-refractivity contribution in [2.75, 3.05) is 25.0 Å². The first-order valence-electron chi connectivity index (χ1n) is 8.06. The summed E-state index contributed by atoms with van der Waals surface area (Å²) in [7, 11) is 0. The minimum Gasteiger partial charge on any atom is -0.352 e. The van der Waals surface area contributed by atoms with Crippen LogP contribution in [0.2, 0.25) is 0 Å². The molecule has 124 valence electrons. The summed E-state index contributed by atoms with van der Waals surface area (Å²) in [5, 5.41) is 5.47. The van der Waals surface area contributed by atoms with Crippen LogP contribution in [0.1, 0.15) is 43.0 Å². The van der Waals surface area contributed by atoms with E-state index in [1.165, 1.54) is 0 Å². The van der Waals surface area contributed by atoms with Gasteiger partial charge in [0.15, 0.2) is 0 Å². The van der Waals surface area contributed by atoms with Crippen molar-refractivity contribution in [3.63, 3.8) is 0 Å². The van der Waals surface area contributed by atoms with Gasteiger partial charge in [0.1, 0.15) is 0 Å². The van der Waals surface area contributed by atoms with Crippen molar-refractivity contribution in [3.8, 4) is 0 Å². The van der Waals surface area contributed by atoms with Crippen LogP contribution in [0, 0.1) is 0 Å². The summed E-state index contributed by atoms with van der Waals surface area (Å²) in [5.41, 5.74) is 1.05. The second-order valence-corrected chi connectivity index (χ2v) is 5.61. The molecule has 1 aliphatic rings. The molecule has 1 heterocycles. The zero-order valence-corrected chi connectivity index (χ0v) is 13.4. The Bertz CT molecular complexity index is 586. The summed E-state index contributed by atoms with van der Waals surface area (Å²) >= 11 is 0. The molecule has 0 spiro atoms. The first kappa shape index (κ1) is 17.0. The number of likely N-dealkylation sites (tertiary alicyclic amines) is 1. The van der Waals surface area contributed by atoms with Crippen LogP contribution < -0.4 is 10.6 Å². The standard InChI is InChI=1S/C17H23N3O3/c1-2-18-17(23)13-7-6-8-14(11-13)19-15(21)12-20-10-5-3-4-9-16(20)22/h6-8,11H,2-5,9-10,12H2,1H3,(H,18,23)(H,19,21). The third-order valence-electron chi connectivity index (χ3n) is 3.75. The van der Waals surface area contributed by atoms with Gasteiger partial charge in [0.2, 0.25) is 11.8 Å². The molecule has 23 heavy (non-hydrogen) atoms. The van der Waals surface area contributed by atoms with E-state index in [4.69, 9.17) is 0 Å². The molecule has 0 aliphatic carbocycles. The molecule has 0 aromatic heterocycles. The topological polar surface area (TPSA) is 78.5 Å². The van der Waals surface area contributed by atoms with E-state index in [0.717, 1.165) is 19.3 Å². The van der Waals surface area contributed by atoms with Gasteiger partial charge in [0.25, 0.3) is 5.91 Å². The zero-order valence-electron chi connectivity index (χ0n) is 13.4. The molecule has 3 amide bonds. The first-order valence-corrected chi connectivity index (χ1v) is 8.06. The minimum atomic E-state index is -0.242. The van der Waals surface area contributed by atoms with Gasteiger partial charge in [-0.05, 0) is 38.0 Å². The molecule has 1 aromatic carbocycles. The van der Waals surface area contributed by atoms with E-state index in [0.29, 0.717) is 30.8 Å². The summed E-state index contributed by atoms with van der Waals surface area (Å²) < 4.78 is 0. The molecule has 0 bridgehead atoms. The van der Waals surface area contributed by atoms with Crippen molar-refractivity contribution in [3.05, 3.63) is 29.8 Å². The van der Waals surface area contributed by atoms with E-state index < -0.39 is 0 Å². The summed E-state index contributed by atoms with van der Waals surface area (Å²) in [5.74, 6) is -0.381. The third-order valence-corrected chi connectivity index (χ3v) is 3.75. The van der Waals surface area contributed by atoms with Gasteiger partial charge in [0, 0.05) is 30.8 Å². The van der Waals surface area contributed by atoms with E-state index in [1.807, 2.05) is 6.92 Å². The Balaban J connectivity index is 1.95. The molecule has 2 N–H and O–H groups in total. The molecule has 0 atom stereocenters. The van der Waals surface area contributed by atoms with Gasteiger partial charge in [0.05, 0.1) is 6.54 Å². The number of nitrogens with one attached hydrogen (secondary N) is 2. The molecule has 6 heteroatoms. The highest BCUT2D eigenvalue weighted by Crippen LogP contribution is 2.13. The van der Waals surface area contributed by atoms with Crippen molar-refractivity contribution in [2.24, 2.45) is 0 Å². The molecule has 2 rings (SSSR count). The van der Waals surface area contributed by atoms with Crippen LogP contribution in [-0.4, -0.2) is 42.3 Å². The van der Waals surface area contributed by atoms with Crippen molar-refractivity contribution in [1.29, 1.82) is 0 Å². The SMILES string of the molecule is CCNC(=O)c1cccc(NC(=O)CN2CCCCCC2=O)c1. The van der Waals surface area contributed by atoms with Crippen LogP contribution >= 0.6 is 0 Å². The highest BCUT2D eigenvalue weighted by atomic mass is 16.2. The first-order chi connectivity index (χ1) is 11.1. The number of carbonyl (C=O) groups excluding carboxylic acids is 3. The van der Waals surface area contributed by atoms with Crippen LogP contribution in [0.3, 0.4) is 0 Å². The largest absolute Gasteiger partial charge is 0.352 e. The van der Waals surface area contributed by atoms with Crippen LogP contribution in [0.15, 0.2) is 24.3 Å². The predicted molar refractivity (Wildman–Crippen MR) is 88.1 cm³/mol. The Morgan fingerprint density at radius 2 is 2.04 bits per heavy atom. The van der Waals surface area contributed by atoms with E-state index in [-0.39, 0.29) is 24.3 Å². The number of amides is 3. The van der Waals surface area contributed by atoms with Crippen molar-refractivity contribution in [1.82, 2.24) is 10.2 Å². The molecule has 0 radical (unpaired) electrons. The molecule has 0 saturated carbocycles. The fourth-order valence-electron chi connectivity index (χ4n) is 2.58. The fourth-order valence-corrected chi connectivity index (χ4v) is 2.58. The fraction of sp³-hybridized carbons (Fsp3) is 0.471. The maximum absolute atomic E-state index is 12.1. The Hall–Kier alpha value is -2.37. The monoisotopic (exact) mass is 317 g/mol. The highest BCUT2D eigenvalue weighted by molar-refractivity contribution is 5.98. The number of rotatable bonds is 5. The maximum Gasteiger partial charge on any atom is 0.251 e. The van der Waals surface area contributed by atoms with Gasteiger partial charge < -0.3 is 15.5 Å². The Morgan fingerprint density at radius 3 is 2.83 bits per heavy atom. The highest BCUT2D eigenvalue weighted by Gasteiger charge is 2.19. The van der Waals surface area contributed by atoms with E-state index in [9.17, 15) is 14.4 Å². The van der Waals surface area contributed by atoms with Crippen LogP contribution in [-0.2, 0) is 9.59 Å². The molecule has 1 aromatic rings. The predicted octanol–water partition coefficient (Wildman–Crippen LogP) is 1.78. The number of hydrogen-bond donors (Lipinski definition) is 2. The number of carbonyl (C=O) groups is 3. The van der Waals surface area contributed by atoms with Gasteiger partial charge >= 0.3 is 0 Å². The smallest absolute Gasteiger partial charge is 0.251 e. The van der Waals surface area contributed by atoms with Crippen LogP contribution in [0.25, 0.3) is 0 Å². The molecule has 1 aliphatic heterocycles. The minimum absolute atomic E-state index is 0.0359. The van der Waals surface area contributed by atoms with E-state index in [2.05, 4.69) is 10.6 Å². The second-order valence-electron chi connectivity index (χ2n) is 5.61. The van der Waals surface area contributed by atoms with Gasteiger partial charge in [-0.3, -0.25) is 14.4 Å². The average molecular weight is 317 g/mol. The molecule has 6 nitrogen and oxygen atoms in total. The third kappa shape index (κ3) is 5.09. The Morgan fingerprint density at radius 1 is 1.22 bits per heavy atom. The maximum atomic E-state index is 12.1. The molecular weight excluding hydrogens is 294 g/mol. The van der Waals surface area contributed by atoms with E-state index in [1.54, 1.807) is 29.2 Å². The number of hydrogen-bond acceptors (Lipinski definition) is 3. The van der Waals surface area contributed by atoms with Gasteiger partial charge in [-0.1, -0.05) is 12.5 Å². The number of benzene rings is 1. The summed E-state index contributed by atoms with van der Waals surface area (Å²) in [6, 6.07) is 6.77. The summed E-state index contributed by atoms with van der Waals surface area (Å²) in [4.78, 5) is 37.5. The Labute approximate surface area is 136 Å². The van der Waals surface area contributed by atoms with Gasteiger partial charge in [-0.2, -0.15) is 0 Å². The number of anilines is 1. The Kier molecular flexibility index (Phi) is 6.14. The normalized spacial score (nSPS) is 15.0. The lowest BCUT2D eigenvalue weighted by Gasteiger charge is -2.19. The average Bonchev–Trinajstić information content (AvgIpc) is 2.73. The summed E-state index contributed by atoms with van der Waals surface area (Å²) in [6.45, 7) is 3.09. The quantitative estimate of drug-likeness (QED) is 0.869. The van der Waals surface area contributed by atoms with Crippen molar-refractivity contribution in [2.45, 2.75) is 32.6 Å². The van der Waals surface area contributed by atoms with Crippen LogP contribution in [0.4, 0.5) is 5.69 Å². The van der Waals surface area contributed by atoms with Gasteiger partial charge in [-0.25, -0.2) is 0 Å². The lowest BCUT2D eigenvalue weighted by Crippen LogP contribution is -2.37. The van der Waals surface area contributed by atoms with Crippen molar-refractivity contribution < 1.29 is 14.4 Å². The molecule has 1 saturated heterocycles. The lowest BCUT2D eigenvalue weighted by molar-refractivity contribution is -0.134. The molecule has 1 fully saturated rings. The molecular formula is C17H23N3O3. The summed E-state index contributed by atoms with van der Waals surface area (Å²) in [6.07, 6.45) is 3.37. The number of nitrogens with zero attached hydrogens (tertiary/aromatic N) is 1. The van der Waals surface area contributed by atoms with Crippen LogP contribution in [0.5, 0.6) is 0 Å². The molecule has 0 unspecified atom stereocenters. The zero-order chi connectivity index (χ0) is 16.7. The van der Waals surface area contributed by atoms with Crippen molar-refractivity contribution >= 4 is 23.4 Å². The second kappa shape index (κ2) is 8.31. The van der Waals surface area contributed by atoms with E-state index >= 15 is 0 Å².